The second kappa shape index (κ2) is 13.5. The zero-order valence-corrected chi connectivity index (χ0v) is 28.9. The van der Waals surface area contributed by atoms with Crippen molar-refractivity contribution < 1.29 is 40.1 Å². The topological polar surface area (TPSA) is 115 Å². The van der Waals surface area contributed by atoms with Crippen LogP contribution in [0.5, 0.6) is 6.01 Å². The Morgan fingerprint density at radius 2 is 2.08 bits per heavy atom. The van der Waals surface area contributed by atoms with Gasteiger partial charge in [0.1, 0.15) is 12.4 Å². The summed E-state index contributed by atoms with van der Waals surface area (Å²) in [5, 5.41) is 3.97. The number of alkyl halides is 3. The van der Waals surface area contributed by atoms with Crippen molar-refractivity contribution in [2.24, 2.45) is 0 Å². The molecule has 0 unspecified atom stereocenters. The molecule has 52 heavy (non-hydrogen) atoms. The van der Waals surface area contributed by atoms with Gasteiger partial charge in [-0.05, 0) is 45.2 Å². The molecule has 1 aromatic carbocycles. The molecule has 2 N–H and O–H groups in total. The average molecular weight is 749 g/mol. The van der Waals surface area contributed by atoms with Crippen molar-refractivity contribution in [1.82, 2.24) is 29.5 Å². The van der Waals surface area contributed by atoms with E-state index >= 15 is 4.39 Å². The molecule has 4 aliphatic rings. The Labute approximate surface area is 312 Å². The first-order valence-electron chi connectivity index (χ1n) is 19.7. The van der Waals surface area contributed by atoms with E-state index in [0.29, 0.717) is 24.9 Å². The third-order valence-corrected chi connectivity index (χ3v) is 10.5. The van der Waals surface area contributed by atoms with Crippen molar-refractivity contribution in [3.05, 3.63) is 68.4 Å². The third-order valence-electron chi connectivity index (χ3n) is 10.1. The van der Waals surface area contributed by atoms with E-state index in [4.69, 9.17) is 40.0 Å². The Morgan fingerprint density at radius 1 is 1.27 bits per heavy atom. The SMILES string of the molecule is [2H]C([2H])([2H])N(C(=O)c1nn2c(c1Cl)CN(c1nc(OC[C@]34CCCN3CC(=C)C4)nc3c1CO[C@H](c1c(F)c(N)cc(C#CC)c1C(F)(F)F)C3)CCC2)C([2H])([2H])[2H]. The zero-order valence-electron chi connectivity index (χ0n) is 34.2. The number of aromatic nitrogens is 4. The van der Waals surface area contributed by atoms with E-state index < -0.39 is 66.0 Å². The van der Waals surface area contributed by atoms with Crippen molar-refractivity contribution in [2.75, 3.05) is 50.8 Å². The number of carbonyl (C=O) groups is 1. The van der Waals surface area contributed by atoms with Crippen LogP contribution in [0, 0.1) is 17.7 Å². The van der Waals surface area contributed by atoms with E-state index in [-0.39, 0.29) is 71.4 Å². The van der Waals surface area contributed by atoms with E-state index in [1.54, 1.807) is 4.90 Å². The van der Waals surface area contributed by atoms with Gasteiger partial charge in [-0.3, -0.25) is 14.4 Å². The number of nitrogens with two attached hydrogens (primary N) is 1. The van der Waals surface area contributed by atoms with E-state index in [1.807, 2.05) is 0 Å². The molecule has 2 fully saturated rings. The van der Waals surface area contributed by atoms with E-state index in [0.717, 1.165) is 37.6 Å². The summed E-state index contributed by atoms with van der Waals surface area (Å²) in [5.41, 5.74) is 3.76. The molecule has 0 aliphatic carbocycles. The fourth-order valence-electron chi connectivity index (χ4n) is 7.84. The number of amides is 1. The van der Waals surface area contributed by atoms with Gasteiger partial charge in [0.25, 0.3) is 5.91 Å². The number of anilines is 2. The predicted molar refractivity (Wildman–Crippen MR) is 185 cm³/mol. The molecule has 11 nitrogen and oxygen atoms in total. The molecule has 0 bridgehead atoms. The molecule has 2 aromatic heterocycles. The molecule has 2 atom stereocenters. The number of nitrogen functional groups attached to an aromatic ring is 1. The molecule has 0 saturated carbocycles. The number of benzene rings is 1. The monoisotopic (exact) mass is 748 g/mol. The van der Waals surface area contributed by atoms with Gasteiger partial charge >= 0.3 is 12.2 Å². The third kappa shape index (κ3) is 6.34. The maximum atomic E-state index is 15.8. The van der Waals surface area contributed by atoms with E-state index in [1.165, 1.54) is 11.6 Å². The fraction of sp³-hybridized carbons (Fsp3) is 0.500. The Balaban J connectivity index is 1.29. The number of carbonyl (C=O) groups excluding carboxylic acids is 1. The van der Waals surface area contributed by atoms with Crippen LogP contribution >= 0.6 is 11.6 Å². The van der Waals surface area contributed by atoms with Gasteiger partial charge in [-0.15, -0.1) is 5.92 Å². The molecular formula is C36H39ClF4N8O3. The average Bonchev–Trinajstić information content (AvgIpc) is 3.68. The van der Waals surface area contributed by atoms with Gasteiger partial charge in [0.15, 0.2) is 11.5 Å². The number of aryl methyl sites for hydroxylation is 1. The molecule has 2 saturated heterocycles. The lowest BCUT2D eigenvalue weighted by Gasteiger charge is -2.33. The van der Waals surface area contributed by atoms with Crippen molar-refractivity contribution in [3.63, 3.8) is 0 Å². The van der Waals surface area contributed by atoms with Crippen LogP contribution < -0.4 is 15.4 Å². The summed E-state index contributed by atoms with van der Waals surface area (Å²) >= 11 is 6.70. The van der Waals surface area contributed by atoms with Gasteiger partial charge < -0.3 is 25.0 Å². The summed E-state index contributed by atoms with van der Waals surface area (Å²) < 4.78 is 120. The smallest absolute Gasteiger partial charge is 0.418 e. The van der Waals surface area contributed by atoms with Crippen LogP contribution in [0.25, 0.3) is 0 Å². The highest BCUT2D eigenvalue weighted by atomic mass is 35.5. The van der Waals surface area contributed by atoms with Crippen LogP contribution in [0.1, 0.15) is 91.1 Å². The highest BCUT2D eigenvalue weighted by Crippen LogP contribution is 2.45. The Bertz CT molecular complexity index is 2230. The number of halogens is 5. The lowest BCUT2D eigenvalue weighted by Crippen LogP contribution is -2.43. The molecule has 0 spiro atoms. The Kier molecular flexibility index (Phi) is 7.58. The Hall–Kier alpha value is -4.39. The standard InChI is InChI=1S/C36H39ClF4N8O3/c1-5-8-21-13-23(42)30(38)27(28(21)36(39,40)41)26-14-24-22(18-51-26)32(44-34(43-24)52-19-35-9-6-11-48(35)16-20(2)15-35)47-10-7-12-49-25(17-47)29(37)31(45-49)33(50)46(3)4/h13,26H,2,6-7,9-12,14-19,42H2,1,3-4H3/t26-,35+/m0/s1/i3D3,4D3. The number of rotatable bonds is 6. The van der Waals surface area contributed by atoms with Gasteiger partial charge in [0.2, 0.25) is 0 Å². The minimum absolute atomic E-state index is 0.0778. The van der Waals surface area contributed by atoms with Crippen LogP contribution in [0.3, 0.4) is 0 Å². The van der Waals surface area contributed by atoms with Crippen molar-refractivity contribution >= 4 is 29.0 Å². The summed E-state index contributed by atoms with van der Waals surface area (Å²) in [6.07, 6.45) is -3.96. The lowest BCUT2D eigenvalue weighted by molar-refractivity contribution is -0.140. The molecule has 4 aliphatic heterocycles. The van der Waals surface area contributed by atoms with Crippen LogP contribution in [0.15, 0.2) is 18.2 Å². The summed E-state index contributed by atoms with van der Waals surface area (Å²) in [6, 6.07) is 0.767. The normalized spacial score (nSPS) is 23.8. The first-order valence-corrected chi connectivity index (χ1v) is 17.0. The Morgan fingerprint density at radius 3 is 2.83 bits per heavy atom. The fourth-order valence-corrected chi connectivity index (χ4v) is 8.11. The van der Waals surface area contributed by atoms with Crippen molar-refractivity contribution in [3.8, 4) is 17.9 Å². The van der Waals surface area contributed by atoms with E-state index in [2.05, 4.69) is 33.4 Å². The minimum Gasteiger partial charge on any atom is -0.461 e. The first-order chi connectivity index (χ1) is 27.1. The number of fused-ring (bicyclic) bond motifs is 3. The highest BCUT2D eigenvalue weighted by molar-refractivity contribution is 6.34. The van der Waals surface area contributed by atoms with Crippen LogP contribution in [-0.4, -0.2) is 81.2 Å². The second-order valence-electron chi connectivity index (χ2n) is 13.5. The summed E-state index contributed by atoms with van der Waals surface area (Å²) in [7, 11) is 0. The molecule has 3 aromatic rings. The van der Waals surface area contributed by atoms with Crippen LogP contribution in [0.4, 0.5) is 29.1 Å². The predicted octanol–water partition coefficient (Wildman–Crippen LogP) is 5.54. The summed E-state index contributed by atoms with van der Waals surface area (Å²) in [4.78, 5) is 26.7. The quantitative estimate of drug-likeness (QED) is 0.150. The molecule has 0 radical (unpaired) electrons. The highest BCUT2D eigenvalue weighted by Gasteiger charge is 2.47. The molecular weight excluding hydrogens is 704 g/mol. The maximum absolute atomic E-state index is 15.8. The van der Waals surface area contributed by atoms with Gasteiger partial charge in [0.05, 0.1) is 52.5 Å². The van der Waals surface area contributed by atoms with Crippen LogP contribution in [0.2, 0.25) is 5.02 Å². The minimum atomic E-state index is -5.02. The second-order valence-corrected chi connectivity index (χ2v) is 13.8. The molecule has 276 valence electrons. The number of hydrogen-bond acceptors (Lipinski definition) is 9. The molecule has 16 heteroatoms. The van der Waals surface area contributed by atoms with Crippen molar-refractivity contribution in [2.45, 2.75) is 76.5 Å². The summed E-state index contributed by atoms with van der Waals surface area (Å²) in [5.74, 6) is 2.39. The van der Waals surface area contributed by atoms with Gasteiger partial charge in [0, 0.05) is 64.9 Å². The van der Waals surface area contributed by atoms with Gasteiger partial charge in [-0.1, -0.05) is 29.7 Å². The first kappa shape index (κ1) is 29.1. The largest absolute Gasteiger partial charge is 0.461 e. The summed E-state index contributed by atoms with van der Waals surface area (Å²) in [6.45, 7) is 0.683. The van der Waals surface area contributed by atoms with Crippen LogP contribution in [-0.2, 0) is 37.0 Å². The number of hydrogen-bond donors (Lipinski definition) is 1. The molecule has 6 heterocycles. The maximum Gasteiger partial charge on any atom is 0.418 e. The number of nitrogens with zero attached hydrogens (tertiary/aromatic N) is 7. The van der Waals surface area contributed by atoms with Gasteiger partial charge in [-0.25, -0.2) is 4.39 Å². The zero-order chi connectivity index (χ0) is 42.1. The van der Waals surface area contributed by atoms with Gasteiger partial charge in [-0.2, -0.15) is 28.2 Å². The number of ether oxygens (including phenoxy) is 2. The molecule has 1 amide bonds. The lowest BCUT2D eigenvalue weighted by atomic mass is 9.91. The van der Waals surface area contributed by atoms with Crippen molar-refractivity contribution in [1.29, 1.82) is 0 Å². The van der Waals surface area contributed by atoms with E-state index in [9.17, 15) is 18.0 Å². The molecule has 7 rings (SSSR count).